The van der Waals surface area contributed by atoms with Gasteiger partial charge in [-0.3, -0.25) is 0 Å². The van der Waals surface area contributed by atoms with Gasteiger partial charge in [-0.25, -0.2) is 9.97 Å². The minimum Gasteiger partial charge on any atom is -0.310 e. The van der Waals surface area contributed by atoms with Gasteiger partial charge in [0.2, 0.25) is 0 Å². The van der Waals surface area contributed by atoms with Crippen molar-refractivity contribution < 1.29 is 0 Å². The maximum absolute atomic E-state index is 6.37. The number of halogens is 1. The lowest BCUT2D eigenvalue weighted by Crippen LogP contribution is -2.30. The van der Waals surface area contributed by atoms with Gasteiger partial charge in [0.15, 0.2) is 5.65 Å². The molecular weight excluding hydrogens is 302 g/mol. The lowest BCUT2D eigenvalue weighted by atomic mass is 10.0. The van der Waals surface area contributed by atoms with Crippen LogP contribution < -0.4 is 0 Å². The van der Waals surface area contributed by atoms with Gasteiger partial charge in [0.05, 0.1) is 5.38 Å². The summed E-state index contributed by atoms with van der Waals surface area (Å²) in [7, 11) is 0. The van der Waals surface area contributed by atoms with E-state index in [9.17, 15) is 0 Å². The van der Waals surface area contributed by atoms with Crippen LogP contribution in [-0.2, 0) is 6.54 Å². The zero-order valence-corrected chi connectivity index (χ0v) is 15.1. The van der Waals surface area contributed by atoms with Crippen molar-refractivity contribution in [2.75, 3.05) is 6.26 Å². The van der Waals surface area contributed by atoms with Crippen LogP contribution in [0.25, 0.3) is 11.2 Å². The predicted octanol–water partition coefficient (Wildman–Crippen LogP) is 4.96. The Labute approximate surface area is 136 Å². The first-order chi connectivity index (χ1) is 9.98. The Bertz CT molecular complexity index is 609. The van der Waals surface area contributed by atoms with Gasteiger partial charge >= 0.3 is 0 Å². The third-order valence-electron chi connectivity index (χ3n) is 4.39. The molecule has 0 spiro atoms. The third kappa shape index (κ3) is 3.07. The molecule has 2 rings (SSSR count). The van der Waals surface area contributed by atoms with E-state index in [0.717, 1.165) is 41.9 Å². The van der Waals surface area contributed by atoms with Gasteiger partial charge in [-0.05, 0) is 44.6 Å². The molecule has 2 aromatic rings. The predicted molar refractivity (Wildman–Crippen MR) is 93.4 cm³/mol. The SMILES string of the molecule is CCC(CC)(Cn1c(C(C)Cl)nc2c(C)ccnc21)SC. The normalized spacial score (nSPS) is 13.8. The van der Waals surface area contributed by atoms with Gasteiger partial charge in [-0.1, -0.05) is 13.8 Å². The summed E-state index contributed by atoms with van der Waals surface area (Å²) in [4.78, 5) is 9.32. The Morgan fingerprint density at radius 2 is 2.05 bits per heavy atom. The second-order valence-corrected chi connectivity index (χ2v) is 7.50. The summed E-state index contributed by atoms with van der Waals surface area (Å²) in [6, 6.07) is 2.00. The second-order valence-electron chi connectivity index (χ2n) is 5.57. The van der Waals surface area contributed by atoms with Crippen LogP contribution >= 0.6 is 23.4 Å². The fourth-order valence-corrected chi connectivity index (χ4v) is 3.73. The van der Waals surface area contributed by atoms with E-state index in [1.54, 1.807) is 0 Å². The van der Waals surface area contributed by atoms with Gasteiger partial charge in [0, 0.05) is 17.5 Å². The summed E-state index contributed by atoms with van der Waals surface area (Å²) < 4.78 is 2.43. The molecule has 5 heteroatoms. The van der Waals surface area contributed by atoms with Crippen LogP contribution in [0.4, 0.5) is 0 Å². The average molecular weight is 326 g/mol. The van der Waals surface area contributed by atoms with Crippen LogP contribution in [0.5, 0.6) is 0 Å². The van der Waals surface area contributed by atoms with E-state index in [4.69, 9.17) is 16.6 Å². The van der Waals surface area contributed by atoms with Crippen LogP contribution in [-0.4, -0.2) is 25.5 Å². The number of aromatic nitrogens is 3. The van der Waals surface area contributed by atoms with E-state index >= 15 is 0 Å². The molecule has 1 atom stereocenters. The average Bonchev–Trinajstić information content (AvgIpc) is 2.85. The number of alkyl halides is 1. The molecule has 116 valence electrons. The number of aryl methyl sites for hydroxylation is 1. The molecule has 0 saturated carbocycles. The molecular formula is C16H24ClN3S. The Balaban J connectivity index is 2.61. The van der Waals surface area contributed by atoms with Gasteiger partial charge in [0.25, 0.3) is 0 Å². The smallest absolute Gasteiger partial charge is 0.160 e. The standard InChI is InChI=1S/C16H24ClN3S/c1-6-16(7-2,21-5)10-20-14(12(4)17)19-13-11(3)8-9-18-15(13)20/h8-9,12H,6-7,10H2,1-5H3. The molecule has 0 N–H and O–H groups in total. The number of fused-ring (bicyclic) bond motifs is 1. The van der Waals surface area contributed by atoms with E-state index in [1.165, 1.54) is 0 Å². The molecule has 2 heterocycles. The van der Waals surface area contributed by atoms with Gasteiger partial charge in [0.1, 0.15) is 11.3 Å². The fraction of sp³-hybridized carbons (Fsp3) is 0.625. The highest BCUT2D eigenvalue weighted by atomic mass is 35.5. The van der Waals surface area contributed by atoms with Crippen LogP contribution in [0.3, 0.4) is 0 Å². The first kappa shape index (κ1) is 16.6. The summed E-state index contributed by atoms with van der Waals surface area (Å²) in [5, 5.41) is -0.119. The van der Waals surface area contributed by atoms with Crippen molar-refractivity contribution in [3.8, 4) is 0 Å². The van der Waals surface area contributed by atoms with E-state index < -0.39 is 0 Å². The molecule has 1 unspecified atom stereocenters. The number of hydrogen-bond acceptors (Lipinski definition) is 3. The number of pyridine rings is 1. The largest absolute Gasteiger partial charge is 0.310 e. The molecule has 0 saturated heterocycles. The minimum atomic E-state index is -0.119. The maximum Gasteiger partial charge on any atom is 0.160 e. The van der Waals surface area contributed by atoms with E-state index in [1.807, 2.05) is 30.9 Å². The first-order valence-corrected chi connectivity index (χ1v) is 9.15. The third-order valence-corrected chi connectivity index (χ3v) is 6.16. The van der Waals surface area contributed by atoms with Crippen molar-refractivity contribution in [1.29, 1.82) is 0 Å². The van der Waals surface area contributed by atoms with Crippen molar-refractivity contribution in [3.63, 3.8) is 0 Å². The number of hydrogen-bond donors (Lipinski definition) is 0. The molecule has 2 aromatic heterocycles. The fourth-order valence-electron chi connectivity index (χ4n) is 2.73. The molecule has 0 aliphatic rings. The lowest BCUT2D eigenvalue weighted by molar-refractivity contribution is 0.462. The highest BCUT2D eigenvalue weighted by molar-refractivity contribution is 8.00. The van der Waals surface area contributed by atoms with Gasteiger partial charge < -0.3 is 4.57 Å². The summed E-state index contributed by atoms with van der Waals surface area (Å²) in [5.41, 5.74) is 3.08. The summed E-state index contributed by atoms with van der Waals surface area (Å²) >= 11 is 8.30. The second kappa shape index (κ2) is 6.57. The van der Waals surface area contributed by atoms with E-state index in [-0.39, 0.29) is 10.1 Å². The molecule has 0 aliphatic carbocycles. The first-order valence-electron chi connectivity index (χ1n) is 7.49. The quantitative estimate of drug-likeness (QED) is 0.703. The summed E-state index contributed by atoms with van der Waals surface area (Å²) in [6.07, 6.45) is 6.28. The minimum absolute atomic E-state index is 0.119. The van der Waals surface area contributed by atoms with Crippen LogP contribution in [0.1, 0.15) is 50.4 Å². The zero-order valence-electron chi connectivity index (χ0n) is 13.5. The number of rotatable bonds is 6. The number of imidazole rings is 1. The molecule has 0 amide bonds. The van der Waals surface area contributed by atoms with Crippen molar-refractivity contribution in [1.82, 2.24) is 14.5 Å². The highest BCUT2D eigenvalue weighted by Crippen LogP contribution is 2.35. The van der Waals surface area contributed by atoms with Crippen LogP contribution in [0.15, 0.2) is 12.3 Å². The maximum atomic E-state index is 6.37. The van der Waals surface area contributed by atoms with Crippen molar-refractivity contribution >= 4 is 34.5 Å². The monoisotopic (exact) mass is 325 g/mol. The summed E-state index contributed by atoms with van der Waals surface area (Å²) in [6.45, 7) is 9.46. The van der Waals surface area contributed by atoms with Gasteiger partial charge in [-0.2, -0.15) is 11.8 Å². The topological polar surface area (TPSA) is 30.7 Å². The molecule has 0 fully saturated rings. The number of nitrogens with zero attached hydrogens (tertiary/aromatic N) is 3. The Kier molecular flexibility index (Phi) is 5.20. The highest BCUT2D eigenvalue weighted by Gasteiger charge is 2.29. The molecule has 3 nitrogen and oxygen atoms in total. The number of thioether (sulfide) groups is 1. The zero-order chi connectivity index (χ0) is 15.6. The van der Waals surface area contributed by atoms with E-state index in [2.05, 4.69) is 36.6 Å². The molecule has 0 radical (unpaired) electrons. The Morgan fingerprint density at radius 1 is 1.38 bits per heavy atom. The van der Waals surface area contributed by atoms with Crippen molar-refractivity contribution in [3.05, 3.63) is 23.7 Å². The molecule has 0 bridgehead atoms. The molecule has 0 aromatic carbocycles. The van der Waals surface area contributed by atoms with Crippen LogP contribution in [0, 0.1) is 6.92 Å². The Morgan fingerprint density at radius 3 is 2.57 bits per heavy atom. The van der Waals surface area contributed by atoms with Gasteiger partial charge in [-0.15, -0.1) is 11.6 Å². The lowest BCUT2D eigenvalue weighted by Gasteiger charge is -2.31. The Hall–Kier alpha value is -0.740. The van der Waals surface area contributed by atoms with Crippen molar-refractivity contribution in [2.24, 2.45) is 0 Å². The molecule has 0 aliphatic heterocycles. The van der Waals surface area contributed by atoms with E-state index in [0.29, 0.717) is 0 Å². The summed E-state index contributed by atoms with van der Waals surface area (Å²) in [5.74, 6) is 0.925. The van der Waals surface area contributed by atoms with Crippen LogP contribution in [0.2, 0.25) is 0 Å². The van der Waals surface area contributed by atoms with Crippen molar-refractivity contribution in [2.45, 2.75) is 57.2 Å². The molecule has 21 heavy (non-hydrogen) atoms.